The molecular formula is C16H20N2O2S. The molecule has 4 nitrogen and oxygen atoms in total. The van der Waals surface area contributed by atoms with Crippen molar-refractivity contribution >= 4 is 15.7 Å². The molecule has 2 aromatic rings. The van der Waals surface area contributed by atoms with Crippen LogP contribution in [0.2, 0.25) is 0 Å². The number of hydrogen-bond acceptors (Lipinski definition) is 3. The van der Waals surface area contributed by atoms with Crippen LogP contribution in [0.3, 0.4) is 0 Å². The SMILES string of the molecule is Cc1ccccc1CNS(=O)(=O)c1c(C)cc(N)cc1C. The van der Waals surface area contributed by atoms with Gasteiger partial charge in [-0.2, -0.15) is 0 Å². The molecule has 0 aliphatic rings. The Bertz CT molecular complexity index is 745. The second kappa shape index (κ2) is 5.87. The highest BCUT2D eigenvalue weighted by Gasteiger charge is 2.19. The zero-order chi connectivity index (χ0) is 15.6. The zero-order valence-corrected chi connectivity index (χ0v) is 13.3. The number of rotatable bonds is 4. The van der Waals surface area contributed by atoms with Gasteiger partial charge in [0.15, 0.2) is 0 Å². The second-order valence-corrected chi connectivity index (χ2v) is 6.94. The summed E-state index contributed by atoms with van der Waals surface area (Å²) in [5.41, 5.74) is 9.65. The number of hydrogen-bond donors (Lipinski definition) is 2. The van der Waals surface area contributed by atoms with E-state index in [0.717, 1.165) is 11.1 Å². The van der Waals surface area contributed by atoms with E-state index in [4.69, 9.17) is 5.73 Å². The lowest BCUT2D eigenvalue weighted by Gasteiger charge is -2.13. The minimum atomic E-state index is -3.56. The Morgan fingerprint density at radius 1 is 1.00 bits per heavy atom. The fourth-order valence-corrected chi connectivity index (χ4v) is 3.92. The molecule has 2 aromatic carbocycles. The zero-order valence-electron chi connectivity index (χ0n) is 12.5. The lowest BCUT2D eigenvalue weighted by atomic mass is 10.1. The number of benzene rings is 2. The maximum absolute atomic E-state index is 12.5. The average molecular weight is 304 g/mol. The standard InChI is InChI=1S/C16H20N2O2S/c1-11-6-4-5-7-14(11)10-18-21(19,20)16-12(2)8-15(17)9-13(16)3/h4-9,18H,10,17H2,1-3H3. The third-order valence-electron chi connectivity index (χ3n) is 3.47. The summed E-state index contributed by atoms with van der Waals surface area (Å²) in [6, 6.07) is 11.1. The molecule has 0 aliphatic heterocycles. The van der Waals surface area contributed by atoms with Crippen molar-refractivity contribution in [1.82, 2.24) is 4.72 Å². The number of aryl methyl sites for hydroxylation is 3. The Balaban J connectivity index is 2.30. The molecule has 0 amide bonds. The summed E-state index contributed by atoms with van der Waals surface area (Å²) in [4.78, 5) is 0.310. The quantitative estimate of drug-likeness (QED) is 0.853. The van der Waals surface area contributed by atoms with Gasteiger partial charge in [-0.05, 0) is 55.2 Å². The van der Waals surface area contributed by atoms with Gasteiger partial charge in [-0.3, -0.25) is 0 Å². The number of nitrogens with two attached hydrogens (primary N) is 1. The van der Waals surface area contributed by atoms with E-state index in [0.29, 0.717) is 21.7 Å². The molecule has 0 aromatic heterocycles. The van der Waals surface area contributed by atoms with Gasteiger partial charge < -0.3 is 5.73 Å². The minimum absolute atomic E-state index is 0.276. The molecule has 0 spiro atoms. The van der Waals surface area contributed by atoms with Gasteiger partial charge in [0.2, 0.25) is 10.0 Å². The normalized spacial score (nSPS) is 11.6. The van der Waals surface area contributed by atoms with Crippen molar-refractivity contribution in [1.29, 1.82) is 0 Å². The molecule has 0 bridgehead atoms. The summed E-state index contributed by atoms with van der Waals surface area (Å²) in [6.45, 7) is 5.75. The lowest BCUT2D eigenvalue weighted by Crippen LogP contribution is -2.25. The molecule has 0 atom stereocenters. The highest BCUT2D eigenvalue weighted by molar-refractivity contribution is 7.89. The molecule has 0 saturated carbocycles. The first-order valence-corrected chi connectivity index (χ1v) is 8.20. The Hall–Kier alpha value is -1.85. The first kappa shape index (κ1) is 15.5. The van der Waals surface area contributed by atoms with E-state index in [1.54, 1.807) is 26.0 Å². The molecular weight excluding hydrogens is 284 g/mol. The summed E-state index contributed by atoms with van der Waals surface area (Å²) in [5, 5.41) is 0. The van der Waals surface area contributed by atoms with Gasteiger partial charge in [-0.15, -0.1) is 0 Å². The largest absolute Gasteiger partial charge is 0.399 e. The van der Waals surface area contributed by atoms with Crippen molar-refractivity contribution in [2.24, 2.45) is 0 Å². The maximum Gasteiger partial charge on any atom is 0.241 e. The Morgan fingerprint density at radius 3 is 2.14 bits per heavy atom. The second-order valence-electron chi connectivity index (χ2n) is 5.23. The van der Waals surface area contributed by atoms with Crippen molar-refractivity contribution in [3.63, 3.8) is 0 Å². The van der Waals surface area contributed by atoms with Crippen LogP contribution in [0.1, 0.15) is 22.3 Å². The van der Waals surface area contributed by atoms with Crippen LogP contribution in [0.4, 0.5) is 5.69 Å². The maximum atomic E-state index is 12.5. The van der Waals surface area contributed by atoms with Gasteiger partial charge in [0, 0.05) is 12.2 Å². The number of nitrogen functional groups attached to an aromatic ring is 1. The number of nitrogens with one attached hydrogen (secondary N) is 1. The van der Waals surface area contributed by atoms with Gasteiger partial charge in [0.05, 0.1) is 4.90 Å². The Kier molecular flexibility index (Phi) is 4.34. The molecule has 3 N–H and O–H groups in total. The first-order valence-electron chi connectivity index (χ1n) is 6.72. The first-order chi connectivity index (χ1) is 9.81. The van der Waals surface area contributed by atoms with Crippen LogP contribution in [0, 0.1) is 20.8 Å². The van der Waals surface area contributed by atoms with Crippen molar-refractivity contribution in [3.05, 3.63) is 58.7 Å². The van der Waals surface area contributed by atoms with Gasteiger partial charge >= 0.3 is 0 Å². The van der Waals surface area contributed by atoms with Crippen LogP contribution in [-0.2, 0) is 16.6 Å². The molecule has 21 heavy (non-hydrogen) atoms. The smallest absolute Gasteiger partial charge is 0.241 e. The summed E-state index contributed by atoms with van der Waals surface area (Å²) in [7, 11) is -3.56. The lowest BCUT2D eigenvalue weighted by molar-refractivity contribution is 0.580. The molecule has 0 aliphatic carbocycles. The molecule has 112 valence electrons. The van der Waals surface area contributed by atoms with E-state index in [1.807, 2.05) is 31.2 Å². The van der Waals surface area contributed by atoms with Crippen LogP contribution in [-0.4, -0.2) is 8.42 Å². The summed E-state index contributed by atoms with van der Waals surface area (Å²) in [5.74, 6) is 0. The van der Waals surface area contributed by atoms with E-state index >= 15 is 0 Å². The van der Waals surface area contributed by atoms with Gasteiger partial charge in [0.25, 0.3) is 0 Å². The third kappa shape index (κ3) is 3.43. The fraction of sp³-hybridized carbons (Fsp3) is 0.250. The van der Waals surface area contributed by atoms with Gasteiger partial charge in [-0.25, -0.2) is 13.1 Å². The third-order valence-corrected chi connectivity index (χ3v) is 5.17. The summed E-state index contributed by atoms with van der Waals surface area (Å²) < 4.78 is 27.7. The van der Waals surface area contributed by atoms with E-state index in [1.165, 1.54) is 0 Å². The van der Waals surface area contributed by atoms with Crippen molar-refractivity contribution in [2.75, 3.05) is 5.73 Å². The molecule has 0 radical (unpaired) electrons. The Labute approximate surface area is 126 Å². The molecule has 0 fully saturated rings. The van der Waals surface area contributed by atoms with Crippen LogP contribution in [0.25, 0.3) is 0 Å². The highest BCUT2D eigenvalue weighted by Crippen LogP contribution is 2.23. The van der Waals surface area contributed by atoms with Crippen LogP contribution in [0.15, 0.2) is 41.3 Å². The molecule has 0 saturated heterocycles. The fourth-order valence-electron chi connectivity index (χ4n) is 2.46. The predicted octanol–water partition coefficient (Wildman–Crippen LogP) is 2.67. The molecule has 0 unspecified atom stereocenters. The predicted molar refractivity (Wildman–Crippen MR) is 85.5 cm³/mol. The van der Waals surface area contributed by atoms with Crippen molar-refractivity contribution in [2.45, 2.75) is 32.2 Å². The molecule has 5 heteroatoms. The molecule has 0 heterocycles. The summed E-state index contributed by atoms with van der Waals surface area (Å²) >= 11 is 0. The van der Waals surface area contributed by atoms with E-state index in [-0.39, 0.29) is 6.54 Å². The van der Waals surface area contributed by atoms with Crippen molar-refractivity contribution in [3.8, 4) is 0 Å². The van der Waals surface area contributed by atoms with E-state index < -0.39 is 10.0 Å². The topological polar surface area (TPSA) is 72.2 Å². The monoisotopic (exact) mass is 304 g/mol. The van der Waals surface area contributed by atoms with Gasteiger partial charge in [-0.1, -0.05) is 24.3 Å². The summed E-state index contributed by atoms with van der Waals surface area (Å²) in [6.07, 6.45) is 0. The highest BCUT2D eigenvalue weighted by atomic mass is 32.2. The minimum Gasteiger partial charge on any atom is -0.399 e. The van der Waals surface area contributed by atoms with Crippen molar-refractivity contribution < 1.29 is 8.42 Å². The van der Waals surface area contributed by atoms with Gasteiger partial charge in [0.1, 0.15) is 0 Å². The van der Waals surface area contributed by atoms with Crippen LogP contribution < -0.4 is 10.5 Å². The Morgan fingerprint density at radius 2 is 1.57 bits per heavy atom. The average Bonchev–Trinajstić information content (AvgIpc) is 2.36. The number of sulfonamides is 1. The van der Waals surface area contributed by atoms with E-state index in [2.05, 4.69) is 4.72 Å². The number of anilines is 1. The van der Waals surface area contributed by atoms with Crippen LogP contribution in [0.5, 0.6) is 0 Å². The van der Waals surface area contributed by atoms with E-state index in [9.17, 15) is 8.42 Å². The van der Waals surface area contributed by atoms with Crippen LogP contribution >= 0.6 is 0 Å². The molecule has 2 rings (SSSR count).